The molecule has 0 radical (unpaired) electrons. The fourth-order valence-electron chi connectivity index (χ4n) is 3.07. The molecule has 1 aliphatic rings. The van der Waals surface area contributed by atoms with Gasteiger partial charge in [0.25, 0.3) is 0 Å². The van der Waals surface area contributed by atoms with Crippen molar-refractivity contribution in [3.8, 4) is 5.75 Å². The van der Waals surface area contributed by atoms with Crippen LogP contribution in [0.25, 0.3) is 0 Å². The molecule has 8 heteroatoms. The molecule has 6 nitrogen and oxygen atoms in total. The zero-order chi connectivity index (χ0) is 21.0. The van der Waals surface area contributed by atoms with Crippen molar-refractivity contribution in [3.05, 3.63) is 82.5 Å². The summed E-state index contributed by atoms with van der Waals surface area (Å²) in [6.45, 7) is 7.82. The summed E-state index contributed by atoms with van der Waals surface area (Å²) in [6, 6.07) is 11.2. The smallest absolute Gasteiger partial charge is 0.319 e. The Labute approximate surface area is 182 Å². The number of para-hydroxylation sites is 1. The van der Waals surface area contributed by atoms with Crippen LogP contribution in [0.1, 0.15) is 11.6 Å². The first-order chi connectivity index (χ1) is 13.9. The number of carbonyl (C=O) groups is 2. The number of benzene rings is 2. The van der Waals surface area contributed by atoms with Gasteiger partial charge in [0, 0.05) is 15.7 Å². The minimum absolute atomic E-state index is 0.276. The molecule has 3 amide bonds. The second-order valence-electron chi connectivity index (χ2n) is 6.33. The van der Waals surface area contributed by atoms with E-state index in [-0.39, 0.29) is 18.2 Å². The van der Waals surface area contributed by atoms with Crippen molar-refractivity contribution in [2.75, 3.05) is 11.9 Å². The number of anilines is 1. The van der Waals surface area contributed by atoms with Gasteiger partial charge in [-0.3, -0.25) is 4.79 Å². The van der Waals surface area contributed by atoms with Gasteiger partial charge in [-0.25, -0.2) is 4.79 Å². The number of carbonyl (C=O) groups excluding carboxylic acids is 2. The third-order valence-electron chi connectivity index (χ3n) is 4.35. The molecule has 0 aromatic heterocycles. The number of nitrogens with one attached hydrogen (secondary N) is 3. The van der Waals surface area contributed by atoms with E-state index in [0.717, 1.165) is 4.47 Å². The summed E-state index contributed by atoms with van der Waals surface area (Å²) < 4.78 is 6.52. The van der Waals surface area contributed by atoms with Crippen LogP contribution in [-0.2, 0) is 4.79 Å². The Morgan fingerprint density at radius 2 is 2.07 bits per heavy atom. The van der Waals surface area contributed by atoms with Gasteiger partial charge in [0.1, 0.15) is 18.3 Å². The monoisotopic (exact) mass is 475 g/mol. The molecule has 1 saturated heterocycles. The maximum absolute atomic E-state index is 13.1. The van der Waals surface area contributed by atoms with Crippen LogP contribution in [0.15, 0.2) is 71.9 Å². The average molecular weight is 477 g/mol. The maximum Gasteiger partial charge on any atom is 0.319 e. The molecule has 0 bridgehead atoms. The first-order valence-electron chi connectivity index (χ1n) is 8.75. The number of rotatable bonds is 6. The third kappa shape index (κ3) is 4.81. The van der Waals surface area contributed by atoms with Crippen LogP contribution in [-0.4, -0.2) is 18.5 Å². The summed E-state index contributed by atoms with van der Waals surface area (Å²) in [6.07, 6.45) is 1.62. The topological polar surface area (TPSA) is 79.5 Å². The summed E-state index contributed by atoms with van der Waals surface area (Å²) in [4.78, 5) is 25.3. The van der Waals surface area contributed by atoms with E-state index in [1.807, 2.05) is 6.07 Å². The minimum Gasteiger partial charge on any atom is -0.489 e. The Morgan fingerprint density at radius 1 is 1.31 bits per heavy atom. The van der Waals surface area contributed by atoms with Gasteiger partial charge in [0.15, 0.2) is 0 Å². The number of hydrogen-bond donors (Lipinski definition) is 3. The molecule has 150 valence electrons. The lowest BCUT2D eigenvalue weighted by atomic mass is 9.87. The van der Waals surface area contributed by atoms with Crippen LogP contribution in [0.2, 0.25) is 5.02 Å². The van der Waals surface area contributed by atoms with Crippen LogP contribution in [0.3, 0.4) is 0 Å². The van der Waals surface area contributed by atoms with E-state index in [2.05, 4.69) is 45.0 Å². The lowest BCUT2D eigenvalue weighted by Crippen LogP contribution is -2.52. The summed E-state index contributed by atoms with van der Waals surface area (Å²) >= 11 is 9.60. The van der Waals surface area contributed by atoms with E-state index < -0.39 is 18.0 Å². The summed E-state index contributed by atoms with van der Waals surface area (Å²) in [7, 11) is 0. The maximum atomic E-state index is 13.1. The Kier molecular flexibility index (Phi) is 6.61. The fraction of sp³-hybridized carbons (Fsp3) is 0.143. The Hall–Kier alpha value is -2.77. The van der Waals surface area contributed by atoms with E-state index in [0.29, 0.717) is 22.0 Å². The van der Waals surface area contributed by atoms with E-state index in [1.165, 1.54) is 0 Å². The van der Waals surface area contributed by atoms with Gasteiger partial charge in [-0.1, -0.05) is 58.9 Å². The highest BCUT2D eigenvalue weighted by molar-refractivity contribution is 9.10. The Morgan fingerprint density at radius 3 is 2.79 bits per heavy atom. The number of ether oxygens (including phenoxy) is 1. The SMILES string of the molecule is C=CCOc1ccc(Br)cc1[C@@H]1NC(=O)NC(=C)[C@@H]1C(=O)Nc1ccccc1Cl. The molecule has 2 aromatic rings. The molecule has 2 aromatic carbocycles. The molecule has 1 aliphatic heterocycles. The van der Waals surface area contributed by atoms with Gasteiger partial charge in [0.2, 0.25) is 5.91 Å². The number of amides is 3. The van der Waals surface area contributed by atoms with E-state index in [4.69, 9.17) is 16.3 Å². The predicted molar refractivity (Wildman–Crippen MR) is 117 cm³/mol. The molecule has 0 spiro atoms. The minimum atomic E-state index is -0.802. The first kappa shape index (κ1) is 21.0. The van der Waals surface area contributed by atoms with Crippen molar-refractivity contribution in [1.29, 1.82) is 0 Å². The summed E-state index contributed by atoms with van der Waals surface area (Å²) in [5, 5.41) is 8.61. The van der Waals surface area contributed by atoms with Gasteiger partial charge in [-0.2, -0.15) is 0 Å². The summed E-state index contributed by atoms with van der Waals surface area (Å²) in [5.41, 5.74) is 1.38. The second-order valence-corrected chi connectivity index (χ2v) is 7.65. The van der Waals surface area contributed by atoms with Crippen molar-refractivity contribution >= 4 is 45.2 Å². The van der Waals surface area contributed by atoms with Crippen LogP contribution < -0.4 is 20.7 Å². The molecular weight excluding hydrogens is 458 g/mol. The van der Waals surface area contributed by atoms with Crippen molar-refractivity contribution in [2.45, 2.75) is 6.04 Å². The summed E-state index contributed by atoms with van der Waals surface area (Å²) in [5.74, 6) is -0.636. The lowest BCUT2D eigenvalue weighted by Gasteiger charge is -2.34. The first-order valence-corrected chi connectivity index (χ1v) is 9.92. The number of urea groups is 1. The van der Waals surface area contributed by atoms with Crippen LogP contribution in [0.5, 0.6) is 5.75 Å². The van der Waals surface area contributed by atoms with Crippen LogP contribution in [0, 0.1) is 5.92 Å². The molecule has 0 saturated carbocycles. The molecule has 0 aliphatic carbocycles. The highest BCUT2D eigenvalue weighted by atomic mass is 79.9. The quantitative estimate of drug-likeness (QED) is 0.525. The van der Waals surface area contributed by atoms with Gasteiger partial charge >= 0.3 is 6.03 Å². The van der Waals surface area contributed by atoms with Gasteiger partial charge < -0.3 is 20.7 Å². The van der Waals surface area contributed by atoms with Crippen LogP contribution in [0.4, 0.5) is 10.5 Å². The van der Waals surface area contributed by atoms with Crippen molar-refractivity contribution in [1.82, 2.24) is 10.6 Å². The highest BCUT2D eigenvalue weighted by Crippen LogP contribution is 2.37. The van der Waals surface area contributed by atoms with Gasteiger partial charge in [-0.05, 0) is 30.3 Å². The van der Waals surface area contributed by atoms with Crippen molar-refractivity contribution in [3.63, 3.8) is 0 Å². The molecule has 3 N–H and O–H groups in total. The molecular formula is C21H19BrClN3O3. The molecule has 0 unspecified atom stereocenters. The second kappa shape index (κ2) is 9.15. The van der Waals surface area contributed by atoms with Gasteiger partial charge in [0.05, 0.1) is 16.8 Å². The zero-order valence-electron chi connectivity index (χ0n) is 15.4. The Bertz CT molecular complexity index is 979. The molecule has 3 rings (SSSR count). The van der Waals surface area contributed by atoms with Crippen molar-refractivity contribution < 1.29 is 14.3 Å². The normalized spacial score (nSPS) is 18.4. The van der Waals surface area contributed by atoms with Crippen molar-refractivity contribution in [2.24, 2.45) is 5.92 Å². The number of halogens is 2. The van der Waals surface area contributed by atoms with E-state index in [9.17, 15) is 9.59 Å². The fourth-order valence-corrected chi connectivity index (χ4v) is 3.63. The predicted octanol–water partition coefficient (Wildman–Crippen LogP) is 4.79. The average Bonchev–Trinajstić information content (AvgIpc) is 2.68. The Balaban J connectivity index is 1.98. The van der Waals surface area contributed by atoms with Gasteiger partial charge in [-0.15, -0.1) is 0 Å². The van der Waals surface area contributed by atoms with Crippen LogP contribution >= 0.6 is 27.5 Å². The molecule has 1 fully saturated rings. The standard InChI is InChI=1S/C21H19BrClN3O3/c1-3-10-29-17-9-8-13(22)11-14(17)19-18(12(2)24-21(28)26-19)20(27)25-16-7-5-4-6-15(16)23/h3-9,11,18-19H,1-2,10H2,(H,25,27)(H2,24,26,28)/t18-,19-/m0/s1. The van der Waals surface area contributed by atoms with E-state index in [1.54, 1.807) is 42.5 Å². The number of hydrogen-bond acceptors (Lipinski definition) is 3. The highest BCUT2D eigenvalue weighted by Gasteiger charge is 2.39. The third-order valence-corrected chi connectivity index (χ3v) is 5.17. The molecule has 29 heavy (non-hydrogen) atoms. The lowest BCUT2D eigenvalue weighted by molar-refractivity contribution is -0.119. The van der Waals surface area contributed by atoms with E-state index >= 15 is 0 Å². The molecule has 2 atom stereocenters. The molecule has 1 heterocycles. The zero-order valence-corrected chi connectivity index (χ0v) is 17.7. The largest absolute Gasteiger partial charge is 0.489 e.